The van der Waals surface area contributed by atoms with Gasteiger partial charge in [-0.05, 0) is 43.4 Å². The monoisotopic (exact) mass is 288 g/mol. The predicted octanol–water partition coefficient (Wildman–Crippen LogP) is 3.72. The van der Waals surface area contributed by atoms with Gasteiger partial charge in [0.05, 0.1) is 5.41 Å². The van der Waals surface area contributed by atoms with Gasteiger partial charge in [0, 0.05) is 20.6 Å². The Morgan fingerprint density at radius 3 is 2.57 bits per heavy atom. The molecule has 0 spiro atoms. The standard InChI is InChI=1S/C18H24O3/c1-13-12-18(2,15-9-6-5-8-14(13)15)16(19)10-7-11-17(20-3)21-4/h5-6,8-9,12,17H,7,10-11H2,1-4H3. The first kappa shape index (κ1) is 15.9. The highest BCUT2D eigenvalue weighted by Crippen LogP contribution is 2.41. The number of carbonyl (C=O) groups excluding carboxylic acids is 1. The van der Waals surface area contributed by atoms with Gasteiger partial charge < -0.3 is 9.47 Å². The minimum Gasteiger partial charge on any atom is -0.356 e. The molecular formula is C18H24O3. The number of rotatable bonds is 7. The second-order valence-electron chi connectivity index (χ2n) is 5.79. The number of hydrogen-bond donors (Lipinski definition) is 0. The van der Waals surface area contributed by atoms with Gasteiger partial charge in [-0.2, -0.15) is 0 Å². The van der Waals surface area contributed by atoms with Crippen LogP contribution >= 0.6 is 0 Å². The van der Waals surface area contributed by atoms with Crippen molar-refractivity contribution in [3.8, 4) is 0 Å². The molecular weight excluding hydrogens is 264 g/mol. The maximum atomic E-state index is 12.7. The molecule has 1 atom stereocenters. The molecule has 0 heterocycles. The predicted molar refractivity (Wildman–Crippen MR) is 84.1 cm³/mol. The van der Waals surface area contributed by atoms with Crippen molar-refractivity contribution in [2.24, 2.45) is 0 Å². The number of allylic oxidation sites excluding steroid dienone is 2. The molecule has 1 aliphatic rings. The molecule has 21 heavy (non-hydrogen) atoms. The molecule has 3 heteroatoms. The zero-order chi connectivity index (χ0) is 15.5. The van der Waals surface area contributed by atoms with Crippen LogP contribution in [0.15, 0.2) is 30.3 Å². The van der Waals surface area contributed by atoms with E-state index in [1.807, 2.05) is 19.1 Å². The zero-order valence-electron chi connectivity index (χ0n) is 13.3. The van der Waals surface area contributed by atoms with Crippen LogP contribution in [0.2, 0.25) is 0 Å². The molecule has 0 amide bonds. The van der Waals surface area contributed by atoms with E-state index in [9.17, 15) is 4.79 Å². The normalized spacial score (nSPS) is 20.5. The summed E-state index contributed by atoms with van der Waals surface area (Å²) in [5.41, 5.74) is 3.02. The van der Waals surface area contributed by atoms with Crippen LogP contribution < -0.4 is 0 Å². The van der Waals surface area contributed by atoms with E-state index in [-0.39, 0.29) is 12.1 Å². The second-order valence-corrected chi connectivity index (χ2v) is 5.79. The minimum absolute atomic E-state index is 0.223. The quantitative estimate of drug-likeness (QED) is 0.717. The van der Waals surface area contributed by atoms with Crippen LogP contribution in [0.25, 0.3) is 5.57 Å². The lowest BCUT2D eigenvalue weighted by Crippen LogP contribution is -2.29. The Labute approximate surface area is 127 Å². The van der Waals surface area contributed by atoms with Gasteiger partial charge in [0.1, 0.15) is 5.78 Å². The van der Waals surface area contributed by atoms with Gasteiger partial charge in [0.25, 0.3) is 0 Å². The smallest absolute Gasteiger partial charge is 0.156 e. The van der Waals surface area contributed by atoms with Crippen LogP contribution in [0, 0.1) is 0 Å². The van der Waals surface area contributed by atoms with Gasteiger partial charge in [0.15, 0.2) is 6.29 Å². The molecule has 114 valence electrons. The van der Waals surface area contributed by atoms with Gasteiger partial charge in [0.2, 0.25) is 0 Å². The molecule has 0 fully saturated rings. The third-order valence-corrected chi connectivity index (χ3v) is 4.37. The Hall–Kier alpha value is -1.45. The summed E-state index contributed by atoms with van der Waals surface area (Å²) < 4.78 is 10.3. The minimum atomic E-state index is -0.490. The Morgan fingerprint density at radius 2 is 1.90 bits per heavy atom. The van der Waals surface area contributed by atoms with Gasteiger partial charge in [-0.15, -0.1) is 0 Å². The van der Waals surface area contributed by atoms with Gasteiger partial charge in [-0.3, -0.25) is 4.79 Å². The molecule has 1 unspecified atom stereocenters. The van der Waals surface area contributed by atoms with E-state index in [0.717, 1.165) is 18.4 Å². The Kier molecular flexibility index (Phi) is 4.96. The van der Waals surface area contributed by atoms with Gasteiger partial charge in [-0.1, -0.05) is 30.3 Å². The molecule has 0 aliphatic heterocycles. The van der Waals surface area contributed by atoms with Gasteiger partial charge in [-0.25, -0.2) is 0 Å². The molecule has 0 bridgehead atoms. The van der Waals surface area contributed by atoms with E-state index < -0.39 is 5.41 Å². The zero-order valence-corrected chi connectivity index (χ0v) is 13.3. The first-order chi connectivity index (χ1) is 10.0. The SMILES string of the molecule is COC(CCCC(=O)C1(C)C=C(C)c2ccccc21)OC. The maximum Gasteiger partial charge on any atom is 0.156 e. The van der Waals surface area contributed by atoms with E-state index >= 15 is 0 Å². The largest absolute Gasteiger partial charge is 0.356 e. The number of hydrogen-bond acceptors (Lipinski definition) is 3. The topological polar surface area (TPSA) is 35.5 Å². The van der Waals surface area contributed by atoms with Crippen LogP contribution in [0.1, 0.15) is 44.2 Å². The van der Waals surface area contributed by atoms with Gasteiger partial charge >= 0.3 is 0 Å². The highest BCUT2D eigenvalue weighted by molar-refractivity contribution is 5.98. The lowest BCUT2D eigenvalue weighted by molar-refractivity contribution is -0.124. The molecule has 0 radical (unpaired) electrons. The summed E-state index contributed by atoms with van der Waals surface area (Å²) >= 11 is 0. The van der Waals surface area contributed by atoms with Crippen LogP contribution in [-0.4, -0.2) is 26.3 Å². The van der Waals surface area contributed by atoms with Crippen molar-refractivity contribution in [1.82, 2.24) is 0 Å². The van der Waals surface area contributed by atoms with Crippen molar-refractivity contribution in [2.45, 2.75) is 44.8 Å². The first-order valence-corrected chi connectivity index (χ1v) is 7.41. The van der Waals surface area contributed by atoms with Crippen LogP contribution in [0.4, 0.5) is 0 Å². The van der Waals surface area contributed by atoms with Crippen LogP contribution in [0.3, 0.4) is 0 Å². The lowest BCUT2D eigenvalue weighted by Gasteiger charge is -2.23. The Bertz CT molecular complexity index is 543. The number of Topliss-reactive ketones (excluding diaryl/α,β-unsaturated/α-hetero) is 1. The molecule has 0 aromatic heterocycles. The molecule has 3 nitrogen and oxygen atoms in total. The number of methoxy groups -OCH3 is 2. The van der Waals surface area contributed by atoms with E-state index in [1.165, 1.54) is 11.1 Å². The average molecular weight is 288 g/mol. The van der Waals surface area contributed by atoms with E-state index in [1.54, 1.807) is 14.2 Å². The summed E-state index contributed by atoms with van der Waals surface area (Å²) in [7, 11) is 3.24. The van der Waals surface area contributed by atoms with E-state index in [4.69, 9.17) is 9.47 Å². The first-order valence-electron chi connectivity index (χ1n) is 7.41. The molecule has 1 aliphatic carbocycles. The fourth-order valence-corrected chi connectivity index (χ4v) is 3.12. The highest BCUT2D eigenvalue weighted by Gasteiger charge is 2.38. The summed E-state index contributed by atoms with van der Waals surface area (Å²) in [6, 6.07) is 8.18. The fourth-order valence-electron chi connectivity index (χ4n) is 3.12. The Balaban J connectivity index is 2.06. The molecule has 0 N–H and O–H groups in total. The molecule has 0 saturated heterocycles. The van der Waals surface area contributed by atoms with Crippen molar-refractivity contribution < 1.29 is 14.3 Å². The molecule has 1 aromatic carbocycles. The maximum absolute atomic E-state index is 12.7. The summed E-state index contributed by atoms with van der Waals surface area (Å²) in [4.78, 5) is 12.7. The van der Waals surface area contributed by atoms with Crippen molar-refractivity contribution in [2.75, 3.05) is 14.2 Å². The average Bonchev–Trinajstić information content (AvgIpc) is 2.77. The third-order valence-electron chi connectivity index (χ3n) is 4.37. The number of carbonyl (C=O) groups is 1. The summed E-state index contributed by atoms with van der Waals surface area (Å²) in [5.74, 6) is 0.262. The van der Waals surface area contributed by atoms with Crippen molar-refractivity contribution in [3.05, 3.63) is 41.5 Å². The summed E-state index contributed by atoms with van der Waals surface area (Å²) in [6.45, 7) is 4.10. The third kappa shape index (κ3) is 3.09. The Morgan fingerprint density at radius 1 is 1.24 bits per heavy atom. The van der Waals surface area contributed by atoms with E-state index in [2.05, 4.69) is 25.1 Å². The molecule has 2 rings (SSSR count). The molecule has 1 aromatic rings. The van der Waals surface area contributed by atoms with Crippen molar-refractivity contribution in [1.29, 1.82) is 0 Å². The fraction of sp³-hybridized carbons (Fsp3) is 0.500. The summed E-state index contributed by atoms with van der Waals surface area (Å²) in [5, 5.41) is 0. The van der Waals surface area contributed by atoms with Crippen LogP contribution in [0.5, 0.6) is 0 Å². The van der Waals surface area contributed by atoms with E-state index in [0.29, 0.717) is 6.42 Å². The summed E-state index contributed by atoms with van der Waals surface area (Å²) in [6.07, 6.45) is 3.93. The number of ether oxygens (including phenoxy) is 2. The number of fused-ring (bicyclic) bond motifs is 1. The van der Waals surface area contributed by atoms with Crippen molar-refractivity contribution >= 4 is 11.4 Å². The second kappa shape index (κ2) is 6.54. The van der Waals surface area contributed by atoms with Crippen LogP contribution in [-0.2, 0) is 19.7 Å². The number of benzene rings is 1. The lowest BCUT2D eigenvalue weighted by atomic mass is 9.79. The molecule has 0 saturated carbocycles. The number of ketones is 1. The van der Waals surface area contributed by atoms with Crippen molar-refractivity contribution in [3.63, 3.8) is 0 Å². The highest BCUT2D eigenvalue weighted by atomic mass is 16.7.